The van der Waals surface area contributed by atoms with Crippen molar-refractivity contribution in [3.8, 4) is 0 Å². The number of nitrogens with zero attached hydrogens (tertiary/aromatic N) is 3. The maximum Gasteiger partial charge on any atom is 0.0396 e. The minimum Gasteiger partial charge on any atom is -0.369 e. The number of rotatable bonds is 3. The zero-order valence-corrected chi connectivity index (χ0v) is 15.3. The van der Waals surface area contributed by atoms with E-state index in [2.05, 4.69) is 45.9 Å². The molecule has 2 heterocycles. The van der Waals surface area contributed by atoms with Crippen LogP contribution in [-0.4, -0.2) is 61.2 Å². The van der Waals surface area contributed by atoms with E-state index < -0.39 is 0 Å². The van der Waals surface area contributed by atoms with E-state index >= 15 is 0 Å². The summed E-state index contributed by atoms with van der Waals surface area (Å²) in [4.78, 5) is 8.20. The van der Waals surface area contributed by atoms with E-state index in [0.717, 1.165) is 12.1 Å². The van der Waals surface area contributed by atoms with Crippen molar-refractivity contribution in [1.29, 1.82) is 0 Å². The van der Waals surface area contributed by atoms with Crippen LogP contribution in [0.25, 0.3) is 0 Å². The van der Waals surface area contributed by atoms with Gasteiger partial charge in [-0.1, -0.05) is 31.0 Å². The van der Waals surface area contributed by atoms with Gasteiger partial charge in [0.05, 0.1) is 0 Å². The fourth-order valence-electron chi connectivity index (χ4n) is 5.13. The molecule has 3 nitrogen and oxygen atoms in total. The molecule has 0 spiro atoms. The molecular weight excluding hydrogens is 294 g/mol. The second kappa shape index (κ2) is 7.45. The summed E-state index contributed by atoms with van der Waals surface area (Å²) in [6.07, 6.45) is 8.64. The Balaban J connectivity index is 1.33. The monoisotopic (exact) mass is 327 g/mol. The molecule has 3 aliphatic rings. The molecule has 1 unspecified atom stereocenters. The van der Waals surface area contributed by atoms with Crippen LogP contribution in [0.15, 0.2) is 24.3 Å². The highest BCUT2D eigenvalue weighted by atomic mass is 15.3. The van der Waals surface area contributed by atoms with Crippen molar-refractivity contribution >= 4 is 5.69 Å². The van der Waals surface area contributed by atoms with Gasteiger partial charge >= 0.3 is 0 Å². The Labute approximate surface area is 147 Å². The Morgan fingerprint density at radius 1 is 0.750 bits per heavy atom. The van der Waals surface area contributed by atoms with Gasteiger partial charge in [0.1, 0.15) is 0 Å². The summed E-state index contributed by atoms with van der Waals surface area (Å²) in [6.45, 7) is 9.76. The van der Waals surface area contributed by atoms with Crippen LogP contribution < -0.4 is 4.90 Å². The van der Waals surface area contributed by atoms with Gasteiger partial charge in [-0.15, -0.1) is 0 Å². The molecule has 0 N–H and O–H groups in total. The standard InChI is InChI=1S/C21H33N3/c1-18-7-2-5-11-21(18)23-15-13-22(14-16-23)20-10-6-12-24(17-20)19-8-3-4-9-19/h2,5,7,11,19-20H,3-4,6,8-10,12-17H2,1H3. The molecule has 0 bridgehead atoms. The second-order valence-electron chi connectivity index (χ2n) is 8.04. The van der Waals surface area contributed by atoms with Crippen LogP contribution in [0.2, 0.25) is 0 Å². The molecule has 132 valence electrons. The summed E-state index contributed by atoms with van der Waals surface area (Å²) in [5.74, 6) is 0. The second-order valence-corrected chi connectivity index (χ2v) is 8.04. The van der Waals surface area contributed by atoms with Gasteiger partial charge in [-0.25, -0.2) is 0 Å². The summed E-state index contributed by atoms with van der Waals surface area (Å²) in [6, 6.07) is 10.6. The predicted octanol–water partition coefficient (Wildman–Crippen LogP) is 3.52. The quantitative estimate of drug-likeness (QED) is 0.841. The summed E-state index contributed by atoms with van der Waals surface area (Å²) < 4.78 is 0. The van der Waals surface area contributed by atoms with Crippen LogP contribution in [0.3, 0.4) is 0 Å². The van der Waals surface area contributed by atoms with E-state index in [1.54, 1.807) is 0 Å². The van der Waals surface area contributed by atoms with Crippen LogP contribution in [-0.2, 0) is 0 Å². The molecule has 0 amide bonds. The molecule has 3 fully saturated rings. The number of para-hydroxylation sites is 1. The van der Waals surface area contributed by atoms with Crippen molar-refractivity contribution in [2.24, 2.45) is 0 Å². The summed E-state index contributed by atoms with van der Waals surface area (Å²) in [7, 11) is 0. The van der Waals surface area contributed by atoms with Crippen LogP contribution in [0, 0.1) is 6.92 Å². The average Bonchev–Trinajstić information content (AvgIpc) is 3.17. The maximum atomic E-state index is 2.83. The zero-order valence-electron chi connectivity index (χ0n) is 15.3. The van der Waals surface area contributed by atoms with Gasteiger partial charge in [0.2, 0.25) is 0 Å². The molecular formula is C21H33N3. The van der Waals surface area contributed by atoms with E-state index in [9.17, 15) is 0 Å². The Kier molecular flexibility index (Phi) is 5.09. The average molecular weight is 328 g/mol. The molecule has 1 aliphatic carbocycles. The number of likely N-dealkylation sites (tertiary alicyclic amines) is 1. The van der Waals surface area contributed by atoms with Gasteiger partial charge in [0.15, 0.2) is 0 Å². The number of hydrogen-bond acceptors (Lipinski definition) is 3. The first-order valence-corrected chi connectivity index (χ1v) is 10.1. The zero-order chi connectivity index (χ0) is 16.4. The number of piperazine rings is 1. The van der Waals surface area contributed by atoms with Gasteiger partial charge in [0.25, 0.3) is 0 Å². The first-order valence-electron chi connectivity index (χ1n) is 10.1. The Hall–Kier alpha value is -1.06. The predicted molar refractivity (Wildman–Crippen MR) is 102 cm³/mol. The van der Waals surface area contributed by atoms with Crippen LogP contribution >= 0.6 is 0 Å². The largest absolute Gasteiger partial charge is 0.369 e. The highest BCUT2D eigenvalue weighted by molar-refractivity contribution is 5.53. The molecule has 2 saturated heterocycles. The molecule has 1 aromatic rings. The molecule has 3 heteroatoms. The summed E-state index contributed by atoms with van der Waals surface area (Å²) in [5, 5.41) is 0. The van der Waals surface area contributed by atoms with E-state index in [0.29, 0.717) is 0 Å². The Bertz CT molecular complexity index is 530. The lowest BCUT2D eigenvalue weighted by molar-refractivity contribution is 0.0687. The molecule has 0 radical (unpaired) electrons. The van der Waals surface area contributed by atoms with E-state index in [-0.39, 0.29) is 0 Å². The third-order valence-corrected chi connectivity index (χ3v) is 6.56. The molecule has 1 saturated carbocycles. The molecule has 0 aromatic heterocycles. The van der Waals surface area contributed by atoms with E-state index in [1.807, 2.05) is 0 Å². The van der Waals surface area contributed by atoms with Crippen molar-refractivity contribution in [3.63, 3.8) is 0 Å². The lowest BCUT2D eigenvalue weighted by atomic mass is 10.0. The first-order chi connectivity index (χ1) is 11.8. The highest BCUT2D eigenvalue weighted by Gasteiger charge is 2.32. The van der Waals surface area contributed by atoms with Crippen LogP contribution in [0.5, 0.6) is 0 Å². The smallest absolute Gasteiger partial charge is 0.0396 e. The van der Waals surface area contributed by atoms with E-state index in [4.69, 9.17) is 0 Å². The van der Waals surface area contributed by atoms with E-state index in [1.165, 1.54) is 89.0 Å². The lowest BCUT2D eigenvalue weighted by Gasteiger charge is -2.45. The minimum atomic E-state index is 0.804. The molecule has 4 rings (SSSR count). The number of anilines is 1. The van der Waals surface area contributed by atoms with Gasteiger partial charge in [-0.05, 0) is 50.8 Å². The van der Waals surface area contributed by atoms with Crippen molar-refractivity contribution in [2.45, 2.75) is 57.5 Å². The fraction of sp³-hybridized carbons (Fsp3) is 0.714. The third kappa shape index (κ3) is 3.48. The molecule has 24 heavy (non-hydrogen) atoms. The topological polar surface area (TPSA) is 9.72 Å². The highest BCUT2D eigenvalue weighted by Crippen LogP contribution is 2.28. The number of benzene rings is 1. The van der Waals surface area contributed by atoms with Crippen LogP contribution in [0.4, 0.5) is 5.69 Å². The van der Waals surface area contributed by atoms with Gasteiger partial charge in [-0.2, -0.15) is 0 Å². The van der Waals surface area contributed by atoms with Crippen molar-refractivity contribution in [2.75, 3.05) is 44.2 Å². The van der Waals surface area contributed by atoms with Crippen molar-refractivity contribution < 1.29 is 0 Å². The van der Waals surface area contributed by atoms with Gasteiger partial charge < -0.3 is 4.90 Å². The Morgan fingerprint density at radius 3 is 2.21 bits per heavy atom. The van der Waals surface area contributed by atoms with Gasteiger partial charge in [0, 0.05) is 50.5 Å². The number of hydrogen-bond donors (Lipinski definition) is 0. The molecule has 2 aliphatic heterocycles. The van der Waals surface area contributed by atoms with Crippen molar-refractivity contribution in [1.82, 2.24) is 9.80 Å². The summed E-state index contributed by atoms with van der Waals surface area (Å²) >= 11 is 0. The third-order valence-electron chi connectivity index (χ3n) is 6.56. The SMILES string of the molecule is Cc1ccccc1N1CCN(C2CCCN(C3CCCC3)C2)CC1. The first kappa shape index (κ1) is 16.4. The van der Waals surface area contributed by atoms with Gasteiger partial charge in [-0.3, -0.25) is 9.80 Å². The van der Waals surface area contributed by atoms with Crippen LogP contribution in [0.1, 0.15) is 44.1 Å². The lowest BCUT2D eigenvalue weighted by Crippen LogP contribution is -2.56. The normalized spacial score (nSPS) is 27.7. The summed E-state index contributed by atoms with van der Waals surface area (Å²) in [5.41, 5.74) is 2.85. The maximum absolute atomic E-state index is 2.83. The molecule has 1 atom stereocenters. The fourth-order valence-corrected chi connectivity index (χ4v) is 5.13. The minimum absolute atomic E-state index is 0.804. The molecule has 1 aromatic carbocycles. The van der Waals surface area contributed by atoms with Crippen molar-refractivity contribution in [3.05, 3.63) is 29.8 Å². The number of piperidine rings is 1. The Morgan fingerprint density at radius 2 is 1.46 bits per heavy atom. The number of aryl methyl sites for hydroxylation is 1.